The van der Waals surface area contributed by atoms with Crippen LogP contribution in [-0.4, -0.2) is 4.98 Å². The number of hydrogen-bond donors (Lipinski definition) is 1. The maximum atomic E-state index is 11.8. The fourth-order valence-electron chi connectivity index (χ4n) is 1.90. The smallest absolute Gasteiger partial charge is 0.354 e. The molecule has 0 aliphatic carbocycles. The Bertz CT molecular complexity index is 929. The Kier molecular flexibility index (Phi) is 2.04. The average Bonchev–Trinajstić information content (AvgIpc) is 2.38. The molecular formula is C13H6N2O3. The minimum absolute atomic E-state index is 0.178. The lowest BCUT2D eigenvalue weighted by molar-refractivity contribution is 0.561. The third kappa shape index (κ3) is 1.33. The summed E-state index contributed by atoms with van der Waals surface area (Å²) in [5.74, 6) is 0. The molecule has 0 unspecified atom stereocenters. The summed E-state index contributed by atoms with van der Waals surface area (Å²) in [7, 11) is 0. The summed E-state index contributed by atoms with van der Waals surface area (Å²) in [4.78, 5) is 26.0. The number of aromatic nitrogens is 1. The minimum atomic E-state index is -0.735. The fourth-order valence-corrected chi connectivity index (χ4v) is 1.90. The molecule has 1 N–H and O–H groups in total. The van der Waals surface area contributed by atoms with Gasteiger partial charge in [-0.25, -0.2) is 4.79 Å². The second kappa shape index (κ2) is 3.57. The van der Waals surface area contributed by atoms with Crippen molar-refractivity contribution in [2.24, 2.45) is 0 Å². The van der Waals surface area contributed by atoms with Crippen molar-refractivity contribution in [3.8, 4) is 6.07 Å². The molecule has 0 atom stereocenters. The van der Waals surface area contributed by atoms with Crippen LogP contribution < -0.4 is 11.2 Å². The Morgan fingerprint density at radius 2 is 1.94 bits per heavy atom. The maximum absolute atomic E-state index is 11.8. The number of fused-ring (bicyclic) bond motifs is 3. The predicted octanol–water partition coefficient (Wildman–Crippen LogP) is 1.51. The number of rotatable bonds is 0. The number of nitrogens with one attached hydrogen (secondary N) is 1. The summed E-state index contributed by atoms with van der Waals surface area (Å²) in [6, 6.07) is 9.96. The molecule has 0 aliphatic rings. The standard InChI is InChI=1S/C13H6N2O3/c14-6-7-5-9-11(18-13(7)17)8-3-1-2-4-10(8)15-12(9)16/h1-5H,(H,15,16). The molecule has 0 fully saturated rings. The molecule has 3 rings (SSSR count). The average molecular weight is 238 g/mol. The molecule has 1 aromatic carbocycles. The highest BCUT2D eigenvalue weighted by atomic mass is 16.4. The Labute approximate surface area is 99.9 Å². The summed E-state index contributed by atoms with van der Waals surface area (Å²) in [5, 5.41) is 9.59. The third-order valence-electron chi connectivity index (χ3n) is 2.73. The van der Waals surface area contributed by atoms with Crippen molar-refractivity contribution >= 4 is 21.9 Å². The highest BCUT2D eigenvalue weighted by Gasteiger charge is 2.10. The van der Waals surface area contributed by atoms with Crippen molar-refractivity contribution in [2.75, 3.05) is 0 Å². The quantitative estimate of drug-likeness (QED) is 0.601. The van der Waals surface area contributed by atoms with Crippen molar-refractivity contribution in [1.29, 1.82) is 5.26 Å². The Balaban J connectivity index is 2.67. The number of nitrogens with zero attached hydrogens (tertiary/aromatic N) is 1. The van der Waals surface area contributed by atoms with Gasteiger partial charge < -0.3 is 9.40 Å². The van der Waals surface area contributed by atoms with Crippen LogP contribution in [0.25, 0.3) is 21.9 Å². The Morgan fingerprint density at radius 1 is 1.17 bits per heavy atom. The first-order valence-electron chi connectivity index (χ1n) is 5.19. The van der Waals surface area contributed by atoms with Crippen LogP contribution in [0.4, 0.5) is 0 Å². The SMILES string of the molecule is N#Cc1cc2c(=O)[nH]c3ccccc3c2oc1=O. The van der Waals surface area contributed by atoms with Gasteiger partial charge in [0.1, 0.15) is 11.6 Å². The van der Waals surface area contributed by atoms with E-state index in [9.17, 15) is 9.59 Å². The van der Waals surface area contributed by atoms with Crippen LogP contribution in [0.2, 0.25) is 0 Å². The van der Waals surface area contributed by atoms with Gasteiger partial charge in [-0.3, -0.25) is 4.79 Å². The molecule has 0 saturated carbocycles. The molecule has 0 amide bonds. The third-order valence-corrected chi connectivity index (χ3v) is 2.73. The predicted molar refractivity (Wildman–Crippen MR) is 65.3 cm³/mol. The lowest BCUT2D eigenvalue weighted by Gasteiger charge is -2.01. The van der Waals surface area contributed by atoms with Gasteiger partial charge in [-0.1, -0.05) is 12.1 Å². The topological polar surface area (TPSA) is 86.9 Å². The Morgan fingerprint density at radius 3 is 2.72 bits per heavy atom. The second-order valence-electron chi connectivity index (χ2n) is 3.80. The van der Waals surface area contributed by atoms with Crippen LogP contribution in [0.1, 0.15) is 5.56 Å². The van der Waals surface area contributed by atoms with Crippen molar-refractivity contribution in [1.82, 2.24) is 4.98 Å². The van der Waals surface area contributed by atoms with E-state index in [2.05, 4.69) is 4.98 Å². The zero-order valence-electron chi connectivity index (χ0n) is 9.06. The van der Waals surface area contributed by atoms with E-state index in [1.54, 1.807) is 30.3 Å². The maximum Gasteiger partial charge on any atom is 0.354 e. The van der Waals surface area contributed by atoms with Gasteiger partial charge in [0.2, 0.25) is 0 Å². The van der Waals surface area contributed by atoms with Gasteiger partial charge in [-0.05, 0) is 18.2 Å². The molecule has 0 spiro atoms. The molecule has 3 aromatic rings. The van der Waals surface area contributed by atoms with E-state index in [0.29, 0.717) is 10.9 Å². The largest absolute Gasteiger partial charge is 0.421 e. The zero-order chi connectivity index (χ0) is 12.7. The number of pyridine rings is 1. The van der Waals surface area contributed by atoms with Gasteiger partial charge in [0.05, 0.1) is 10.9 Å². The number of hydrogen-bond acceptors (Lipinski definition) is 4. The minimum Gasteiger partial charge on any atom is -0.421 e. The van der Waals surface area contributed by atoms with Crippen LogP contribution in [0, 0.1) is 11.3 Å². The summed E-state index contributed by atoms with van der Waals surface area (Å²) < 4.78 is 5.08. The van der Waals surface area contributed by atoms with Gasteiger partial charge in [-0.15, -0.1) is 0 Å². The van der Waals surface area contributed by atoms with E-state index in [0.717, 1.165) is 0 Å². The van der Waals surface area contributed by atoms with Crippen LogP contribution in [0.3, 0.4) is 0 Å². The molecule has 5 nitrogen and oxygen atoms in total. The molecule has 2 aromatic heterocycles. The van der Waals surface area contributed by atoms with E-state index in [-0.39, 0.29) is 22.1 Å². The first kappa shape index (κ1) is 10.3. The lowest BCUT2D eigenvalue weighted by Crippen LogP contribution is -2.11. The monoisotopic (exact) mass is 238 g/mol. The van der Waals surface area contributed by atoms with Gasteiger partial charge in [0, 0.05) is 5.39 Å². The summed E-state index contributed by atoms with van der Waals surface area (Å²) in [6.07, 6.45) is 0. The highest BCUT2D eigenvalue weighted by Crippen LogP contribution is 2.19. The van der Waals surface area contributed by atoms with Crippen LogP contribution >= 0.6 is 0 Å². The van der Waals surface area contributed by atoms with E-state index in [1.807, 2.05) is 0 Å². The number of benzene rings is 1. The number of para-hydroxylation sites is 1. The lowest BCUT2D eigenvalue weighted by atomic mass is 10.1. The van der Waals surface area contributed by atoms with Crippen molar-refractivity contribution in [3.05, 3.63) is 56.7 Å². The van der Waals surface area contributed by atoms with Crippen LogP contribution in [0.15, 0.2) is 44.3 Å². The molecule has 0 saturated heterocycles. The van der Waals surface area contributed by atoms with E-state index in [4.69, 9.17) is 9.68 Å². The highest BCUT2D eigenvalue weighted by molar-refractivity contribution is 6.01. The van der Waals surface area contributed by atoms with Crippen molar-refractivity contribution in [2.45, 2.75) is 0 Å². The molecule has 0 aliphatic heterocycles. The molecular weight excluding hydrogens is 232 g/mol. The van der Waals surface area contributed by atoms with E-state index in [1.165, 1.54) is 6.07 Å². The molecule has 5 heteroatoms. The van der Waals surface area contributed by atoms with Gasteiger partial charge in [-0.2, -0.15) is 5.26 Å². The van der Waals surface area contributed by atoms with Gasteiger partial charge in [0.15, 0.2) is 5.58 Å². The summed E-state index contributed by atoms with van der Waals surface area (Å²) in [5.41, 5.74) is -0.505. The van der Waals surface area contributed by atoms with E-state index >= 15 is 0 Å². The van der Waals surface area contributed by atoms with Crippen LogP contribution in [-0.2, 0) is 0 Å². The zero-order valence-corrected chi connectivity index (χ0v) is 9.06. The van der Waals surface area contributed by atoms with E-state index < -0.39 is 5.63 Å². The number of aromatic amines is 1. The summed E-state index contributed by atoms with van der Waals surface area (Å²) in [6.45, 7) is 0. The van der Waals surface area contributed by atoms with Gasteiger partial charge >= 0.3 is 5.63 Å². The van der Waals surface area contributed by atoms with Crippen molar-refractivity contribution in [3.63, 3.8) is 0 Å². The first-order valence-corrected chi connectivity index (χ1v) is 5.19. The Hall–Kier alpha value is -2.87. The summed E-state index contributed by atoms with van der Waals surface area (Å²) >= 11 is 0. The first-order chi connectivity index (χ1) is 8.70. The fraction of sp³-hybridized carbons (Fsp3) is 0. The normalized spacial score (nSPS) is 10.6. The van der Waals surface area contributed by atoms with Crippen molar-refractivity contribution < 1.29 is 4.42 Å². The molecule has 2 heterocycles. The molecule has 18 heavy (non-hydrogen) atoms. The molecule has 86 valence electrons. The molecule has 0 bridgehead atoms. The second-order valence-corrected chi connectivity index (χ2v) is 3.80. The van der Waals surface area contributed by atoms with Gasteiger partial charge in [0.25, 0.3) is 5.56 Å². The van der Waals surface area contributed by atoms with Crippen LogP contribution in [0.5, 0.6) is 0 Å². The number of H-pyrrole nitrogens is 1. The number of nitriles is 1. The molecule has 0 radical (unpaired) electrons.